The second kappa shape index (κ2) is 6.89. The molecule has 0 unspecified atom stereocenters. The van der Waals surface area contributed by atoms with Gasteiger partial charge in [0.25, 0.3) is 0 Å². The first kappa shape index (κ1) is 15.0. The molecule has 0 aliphatic heterocycles. The Morgan fingerprint density at radius 1 is 1.45 bits per heavy atom. The Labute approximate surface area is 129 Å². The Kier molecular flexibility index (Phi) is 5.18. The summed E-state index contributed by atoms with van der Waals surface area (Å²) in [6, 6.07) is 9.60. The molecule has 0 bridgehead atoms. The van der Waals surface area contributed by atoms with Crippen LogP contribution in [0.2, 0.25) is 5.02 Å². The number of nitrogens with zero attached hydrogens (tertiary/aromatic N) is 1. The summed E-state index contributed by atoms with van der Waals surface area (Å²) in [6.07, 6.45) is 1.66. The predicted molar refractivity (Wildman–Crippen MR) is 85.6 cm³/mol. The van der Waals surface area contributed by atoms with Crippen molar-refractivity contribution >= 4 is 39.4 Å². The molecule has 1 heterocycles. The maximum Gasteiger partial charge on any atom is 0.100 e. The lowest BCUT2D eigenvalue weighted by Gasteiger charge is -2.08. The van der Waals surface area contributed by atoms with Gasteiger partial charge in [-0.2, -0.15) is 5.26 Å². The van der Waals surface area contributed by atoms with Gasteiger partial charge in [0.1, 0.15) is 6.07 Å². The van der Waals surface area contributed by atoms with Crippen molar-refractivity contribution in [3.8, 4) is 6.07 Å². The largest absolute Gasteiger partial charge is 0.380 e. The van der Waals surface area contributed by atoms with Crippen LogP contribution in [0.4, 0.5) is 5.69 Å². The van der Waals surface area contributed by atoms with Crippen LogP contribution in [0.1, 0.15) is 16.0 Å². The Bertz CT molecular complexity index is 676. The van der Waals surface area contributed by atoms with Crippen LogP contribution in [0.5, 0.6) is 0 Å². The van der Waals surface area contributed by atoms with Crippen LogP contribution in [-0.4, -0.2) is 10.5 Å². The van der Waals surface area contributed by atoms with E-state index >= 15 is 0 Å². The second-order valence-corrected chi connectivity index (χ2v) is 7.13. The van der Waals surface area contributed by atoms with Crippen LogP contribution >= 0.6 is 22.9 Å². The van der Waals surface area contributed by atoms with Crippen molar-refractivity contribution in [3.05, 3.63) is 50.7 Å². The van der Waals surface area contributed by atoms with Crippen molar-refractivity contribution in [1.29, 1.82) is 5.26 Å². The molecule has 20 heavy (non-hydrogen) atoms. The van der Waals surface area contributed by atoms with E-state index in [0.717, 1.165) is 16.1 Å². The smallest absolute Gasteiger partial charge is 0.100 e. The number of anilines is 1. The fourth-order valence-electron chi connectivity index (χ4n) is 1.74. The minimum atomic E-state index is -0.919. The van der Waals surface area contributed by atoms with Crippen LogP contribution < -0.4 is 5.32 Å². The zero-order chi connectivity index (χ0) is 14.5. The molecule has 3 nitrogen and oxygen atoms in total. The van der Waals surface area contributed by atoms with Crippen molar-refractivity contribution in [2.75, 3.05) is 11.6 Å². The number of halogens is 1. The molecule has 1 aromatic heterocycles. The molecule has 0 saturated carbocycles. The van der Waals surface area contributed by atoms with Crippen molar-refractivity contribution in [3.63, 3.8) is 0 Å². The molecule has 2 aromatic rings. The lowest BCUT2D eigenvalue weighted by atomic mass is 10.2. The van der Waals surface area contributed by atoms with Gasteiger partial charge in [0.2, 0.25) is 0 Å². The van der Waals surface area contributed by atoms with Gasteiger partial charge in [-0.3, -0.25) is 4.21 Å². The Morgan fingerprint density at radius 3 is 2.90 bits per heavy atom. The molecule has 0 spiro atoms. The molecule has 0 saturated heterocycles. The Balaban J connectivity index is 2.06. The maximum atomic E-state index is 11.3. The molecule has 0 aliphatic carbocycles. The van der Waals surface area contributed by atoms with E-state index in [4.69, 9.17) is 16.9 Å². The van der Waals surface area contributed by atoms with E-state index < -0.39 is 10.8 Å². The molecule has 104 valence electrons. The van der Waals surface area contributed by atoms with Crippen molar-refractivity contribution < 1.29 is 4.21 Å². The zero-order valence-corrected chi connectivity index (χ0v) is 13.2. The first-order valence-electron chi connectivity index (χ1n) is 5.88. The molecule has 1 aromatic carbocycles. The molecule has 1 N–H and O–H groups in total. The third-order valence-corrected chi connectivity index (χ3v) is 4.68. The number of benzene rings is 1. The number of hydrogen-bond acceptors (Lipinski definition) is 4. The highest BCUT2D eigenvalue weighted by atomic mass is 35.5. The first-order chi connectivity index (χ1) is 9.58. The standard InChI is InChI=1S/C14H13ClN2OS2/c1-20(18)9-11-5-12(2-3-14(11)15)17-7-13-4-10(6-16)8-19-13/h2-5,8,17H,7,9H2,1H3/t20-/m1/s1. The van der Waals surface area contributed by atoms with Crippen molar-refractivity contribution in [2.45, 2.75) is 12.3 Å². The molecule has 0 fully saturated rings. The molecule has 0 radical (unpaired) electrons. The molecular formula is C14H13ClN2OS2. The number of hydrogen-bond donors (Lipinski definition) is 1. The van der Waals surface area contributed by atoms with Gasteiger partial charge in [-0.25, -0.2) is 0 Å². The fraction of sp³-hybridized carbons (Fsp3) is 0.214. The highest BCUT2D eigenvalue weighted by molar-refractivity contribution is 7.83. The predicted octanol–water partition coefficient (Wildman–Crippen LogP) is 3.76. The number of nitriles is 1. The van der Waals surface area contributed by atoms with Crippen LogP contribution in [0.3, 0.4) is 0 Å². The van der Waals surface area contributed by atoms with Gasteiger partial charge in [-0.15, -0.1) is 11.3 Å². The third-order valence-electron chi connectivity index (χ3n) is 2.65. The second-order valence-electron chi connectivity index (χ2n) is 4.29. The van der Waals surface area contributed by atoms with E-state index in [9.17, 15) is 4.21 Å². The monoisotopic (exact) mass is 324 g/mol. The molecule has 0 aliphatic rings. The van der Waals surface area contributed by atoms with E-state index in [1.54, 1.807) is 23.7 Å². The van der Waals surface area contributed by atoms with E-state index in [2.05, 4.69) is 11.4 Å². The molecule has 6 heteroatoms. The Morgan fingerprint density at radius 2 is 2.25 bits per heavy atom. The normalized spacial score (nSPS) is 11.8. The summed E-state index contributed by atoms with van der Waals surface area (Å²) in [4.78, 5) is 1.09. The van der Waals surface area contributed by atoms with Crippen LogP contribution in [0, 0.1) is 11.3 Å². The van der Waals surface area contributed by atoms with Gasteiger partial charge in [-0.1, -0.05) is 11.6 Å². The minimum absolute atomic E-state index is 0.450. The summed E-state index contributed by atoms with van der Waals surface area (Å²) in [6.45, 7) is 0.655. The summed E-state index contributed by atoms with van der Waals surface area (Å²) in [5, 5.41) is 14.5. The number of nitrogens with one attached hydrogen (secondary N) is 1. The van der Waals surface area contributed by atoms with Gasteiger partial charge in [0, 0.05) is 50.3 Å². The number of rotatable bonds is 5. The van der Waals surface area contributed by atoms with Crippen LogP contribution in [0.25, 0.3) is 0 Å². The topological polar surface area (TPSA) is 52.9 Å². The van der Waals surface area contributed by atoms with E-state index in [1.165, 1.54) is 0 Å². The summed E-state index contributed by atoms with van der Waals surface area (Å²) < 4.78 is 11.3. The maximum absolute atomic E-state index is 11.3. The van der Waals surface area contributed by atoms with Gasteiger partial charge < -0.3 is 5.32 Å². The van der Waals surface area contributed by atoms with Gasteiger partial charge in [0.05, 0.1) is 5.56 Å². The summed E-state index contributed by atoms with van der Waals surface area (Å²) in [5.74, 6) is 0.450. The van der Waals surface area contributed by atoms with Gasteiger partial charge in [-0.05, 0) is 29.8 Å². The minimum Gasteiger partial charge on any atom is -0.380 e. The third kappa shape index (κ3) is 4.07. The summed E-state index contributed by atoms with van der Waals surface area (Å²) >= 11 is 7.64. The van der Waals surface area contributed by atoms with E-state index in [-0.39, 0.29) is 0 Å². The quantitative estimate of drug-likeness (QED) is 0.911. The van der Waals surface area contributed by atoms with E-state index in [1.807, 2.05) is 23.6 Å². The molecule has 0 amide bonds. The zero-order valence-electron chi connectivity index (χ0n) is 10.9. The summed E-state index contributed by atoms with van der Waals surface area (Å²) in [5.41, 5.74) is 2.49. The summed E-state index contributed by atoms with van der Waals surface area (Å²) in [7, 11) is -0.919. The Hall–Kier alpha value is -1.35. The molecular weight excluding hydrogens is 312 g/mol. The fourth-order valence-corrected chi connectivity index (χ4v) is 3.43. The lowest BCUT2D eigenvalue weighted by molar-refractivity contribution is 0.686. The highest BCUT2D eigenvalue weighted by Gasteiger charge is 2.05. The van der Waals surface area contributed by atoms with Crippen LogP contribution in [-0.2, 0) is 23.1 Å². The van der Waals surface area contributed by atoms with Crippen molar-refractivity contribution in [1.82, 2.24) is 0 Å². The molecule has 1 atom stereocenters. The van der Waals surface area contributed by atoms with Crippen molar-refractivity contribution in [2.24, 2.45) is 0 Å². The highest BCUT2D eigenvalue weighted by Crippen LogP contribution is 2.23. The average Bonchev–Trinajstić information content (AvgIpc) is 2.87. The first-order valence-corrected chi connectivity index (χ1v) is 8.87. The van der Waals surface area contributed by atoms with Crippen LogP contribution in [0.15, 0.2) is 29.6 Å². The molecule has 2 rings (SSSR count). The lowest BCUT2D eigenvalue weighted by Crippen LogP contribution is -2.00. The van der Waals surface area contributed by atoms with Gasteiger partial charge in [0.15, 0.2) is 0 Å². The van der Waals surface area contributed by atoms with E-state index in [0.29, 0.717) is 22.9 Å². The van der Waals surface area contributed by atoms with Gasteiger partial charge >= 0.3 is 0 Å². The average molecular weight is 325 g/mol. The number of thiophene rings is 1. The SMILES string of the molecule is C[S@@](=O)Cc1cc(NCc2cc(C#N)cs2)ccc1Cl.